The van der Waals surface area contributed by atoms with Crippen LogP contribution in [0.2, 0.25) is 0 Å². The molecule has 0 spiro atoms. The number of carbonyl (C=O) groups excluding carboxylic acids is 1. The van der Waals surface area contributed by atoms with Gasteiger partial charge in [-0.05, 0) is 171 Å². The lowest BCUT2D eigenvalue weighted by molar-refractivity contribution is -0.227. The smallest absolute Gasteiger partial charge is 0.195 e. The van der Waals surface area contributed by atoms with Gasteiger partial charge in [-0.15, -0.1) is 0 Å². The number of ketones is 1. The first-order valence-electron chi connectivity index (χ1n) is 22.3. The first-order chi connectivity index (χ1) is 26.1. The molecule has 0 bridgehead atoms. The molecule has 6 aliphatic rings. The summed E-state index contributed by atoms with van der Waals surface area (Å²) >= 11 is 0. The van der Waals surface area contributed by atoms with Crippen molar-refractivity contribution in [2.75, 3.05) is 26.7 Å². The molecule has 5 aliphatic carbocycles. The van der Waals surface area contributed by atoms with Crippen molar-refractivity contribution >= 4 is 11.4 Å². The Morgan fingerprint density at radius 1 is 0.891 bits per heavy atom. The molecule has 4 heteroatoms. The zero-order valence-electron chi connectivity index (χ0n) is 35.7. The summed E-state index contributed by atoms with van der Waals surface area (Å²) in [6.07, 6.45) is 16.7. The minimum atomic E-state index is -1.15. The van der Waals surface area contributed by atoms with Crippen molar-refractivity contribution in [2.24, 2.45) is 56.7 Å². The highest BCUT2D eigenvalue weighted by Gasteiger charge is 2.70. The Labute approximate surface area is 334 Å². The molecule has 1 N–H and O–H groups in total. The van der Waals surface area contributed by atoms with Crippen molar-refractivity contribution in [3.63, 3.8) is 0 Å². The van der Waals surface area contributed by atoms with E-state index < -0.39 is 6.10 Å². The van der Waals surface area contributed by atoms with Crippen LogP contribution in [0.4, 0.5) is 0 Å². The van der Waals surface area contributed by atoms with Gasteiger partial charge in [0.15, 0.2) is 5.78 Å². The lowest BCUT2D eigenvalue weighted by Gasteiger charge is -2.72. The van der Waals surface area contributed by atoms with E-state index in [0.717, 1.165) is 24.2 Å². The number of carbonyl (C=O) groups is 1. The molecule has 2 unspecified atom stereocenters. The van der Waals surface area contributed by atoms with Crippen molar-refractivity contribution in [3.05, 3.63) is 89.5 Å². The third kappa shape index (κ3) is 5.95. The standard InChI is InChI=1S/C51H72N2O2/c1-10-53-32-14-17-43(53)52(9)33-51-29-24-38(34(2)3)44(51)40-22-23-42-48(6)27-25-39(47(4,5)41(48)26-28-50(42,8)49(40,7)30-31-51)35-18-20-37(21-19-35)46(55)45(54)36-15-12-11-13-16-36/h11-13,15-16,18-21,25,38,40-44,46,55H,2,10,14,17,22-24,26-33H2,1,3-9H3/t38-,40+,41-,42+,43?,44+,46?,48-,49+,50+,51+/m0/s1. The van der Waals surface area contributed by atoms with Gasteiger partial charge in [0.05, 0.1) is 6.17 Å². The number of likely N-dealkylation sites (tertiary alicyclic amines) is 1. The van der Waals surface area contributed by atoms with Crippen LogP contribution in [0.15, 0.2) is 72.8 Å². The van der Waals surface area contributed by atoms with E-state index in [-0.39, 0.29) is 16.6 Å². The molecule has 5 fully saturated rings. The fourth-order valence-corrected chi connectivity index (χ4v) is 15.7. The minimum absolute atomic E-state index is 0.0293. The number of hydrogen-bond donors (Lipinski definition) is 1. The summed E-state index contributed by atoms with van der Waals surface area (Å²) in [5.41, 5.74) is 6.72. The van der Waals surface area contributed by atoms with E-state index in [2.05, 4.69) is 83.5 Å². The van der Waals surface area contributed by atoms with Gasteiger partial charge in [0.25, 0.3) is 0 Å². The summed E-state index contributed by atoms with van der Waals surface area (Å²) in [7, 11) is 2.46. The van der Waals surface area contributed by atoms with Crippen LogP contribution in [0.1, 0.15) is 147 Å². The summed E-state index contributed by atoms with van der Waals surface area (Å²) in [6, 6.07) is 17.4. The van der Waals surface area contributed by atoms with Crippen molar-refractivity contribution in [3.8, 4) is 0 Å². The van der Waals surface area contributed by atoms with Gasteiger partial charge in [0.1, 0.15) is 6.10 Å². The summed E-state index contributed by atoms with van der Waals surface area (Å²) in [5.74, 6) is 3.28. The lowest BCUT2D eigenvalue weighted by atomic mass is 9.32. The molecule has 4 saturated carbocycles. The predicted octanol–water partition coefficient (Wildman–Crippen LogP) is 11.6. The van der Waals surface area contributed by atoms with E-state index in [1.54, 1.807) is 12.1 Å². The van der Waals surface area contributed by atoms with Crippen LogP contribution in [-0.4, -0.2) is 53.5 Å². The maximum atomic E-state index is 13.0. The number of rotatable bonds is 9. The van der Waals surface area contributed by atoms with Gasteiger partial charge in [-0.3, -0.25) is 14.6 Å². The Bertz CT molecular complexity index is 1800. The Morgan fingerprint density at radius 2 is 1.62 bits per heavy atom. The normalized spacial score (nSPS) is 40.1. The van der Waals surface area contributed by atoms with Gasteiger partial charge < -0.3 is 5.11 Å². The van der Waals surface area contributed by atoms with Gasteiger partial charge in [-0.25, -0.2) is 0 Å². The van der Waals surface area contributed by atoms with E-state index in [4.69, 9.17) is 6.58 Å². The molecular weight excluding hydrogens is 673 g/mol. The van der Waals surface area contributed by atoms with E-state index >= 15 is 0 Å². The average molecular weight is 745 g/mol. The second-order valence-corrected chi connectivity index (χ2v) is 21.0. The Morgan fingerprint density at radius 3 is 2.31 bits per heavy atom. The third-order valence-corrected chi connectivity index (χ3v) is 18.5. The fraction of sp³-hybridized carbons (Fsp3) is 0.667. The van der Waals surface area contributed by atoms with Crippen molar-refractivity contribution in [1.29, 1.82) is 0 Å². The monoisotopic (exact) mass is 745 g/mol. The SMILES string of the molecule is C=C(C)[C@@H]1CC[C@]2(CN(C)C3CCCN3CC)CC[C@]3(C)[C@H](CC[C@@H]4[C@@]5(C)CC=C(c6ccc(C(O)C(=O)c7ccccc7)cc6)C(C)(C)[C@@H]5CC[C@]43C)[C@@H]12. The zero-order chi connectivity index (χ0) is 39.1. The molecule has 298 valence electrons. The van der Waals surface area contributed by atoms with Gasteiger partial charge in [0.2, 0.25) is 0 Å². The zero-order valence-corrected chi connectivity index (χ0v) is 35.7. The minimum Gasteiger partial charge on any atom is -0.380 e. The number of benzene rings is 2. The quantitative estimate of drug-likeness (QED) is 0.205. The van der Waals surface area contributed by atoms with Crippen LogP contribution in [0.3, 0.4) is 0 Å². The molecule has 11 atom stereocenters. The second-order valence-electron chi connectivity index (χ2n) is 21.0. The lowest BCUT2D eigenvalue weighted by Crippen LogP contribution is -2.66. The molecule has 4 nitrogen and oxygen atoms in total. The summed E-state index contributed by atoms with van der Waals surface area (Å²) in [6.45, 7) is 26.4. The van der Waals surface area contributed by atoms with E-state index in [1.165, 1.54) is 101 Å². The molecule has 8 rings (SSSR count). The van der Waals surface area contributed by atoms with Crippen LogP contribution in [-0.2, 0) is 0 Å². The number of nitrogens with zero attached hydrogens (tertiary/aromatic N) is 2. The first-order valence-corrected chi connectivity index (χ1v) is 22.3. The van der Waals surface area contributed by atoms with Crippen LogP contribution >= 0.6 is 0 Å². The van der Waals surface area contributed by atoms with E-state index in [0.29, 0.717) is 45.4 Å². The van der Waals surface area contributed by atoms with E-state index in [1.807, 2.05) is 30.3 Å². The highest BCUT2D eigenvalue weighted by atomic mass is 16.3. The van der Waals surface area contributed by atoms with E-state index in [9.17, 15) is 9.90 Å². The fourth-order valence-electron chi connectivity index (χ4n) is 15.7. The molecule has 0 aromatic heterocycles. The first kappa shape index (κ1) is 39.3. The molecule has 1 saturated heterocycles. The maximum Gasteiger partial charge on any atom is 0.195 e. The van der Waals surface area contributed by atoms with Gasteiger partial charge in [-0.2, -0.15) is 0 Å². The number of Topliss-reactive ketones (excluding diaryl/α,β-unsaturated/α-hetero) is 1. The van der Waals surface area contributed by atoms with Crippen LogP contribution in [0.5, 0.6) is 0 Å². The summed E-state index contributed by atoms with van der Waals surface area (Å²) in [4.78, 5) is 18.6. The van der Waals surface area contributed by atoms with Crippen LogP contribution in [0.25, 0.3) is 5.57 Å². The number of allylic oxidation sites excluding steroid dienone is 3. The number of aliphatic hydroxyl groups is 1. The molecule has 55 heavy (non-hydrogen) atoms. The van der Waals surface area contributed by atoms with Gasteiger partial charge >= 0.3 is 0 Å². The van der Waals surface area contributed by atoms with Crippen molar-refractivity contribution in [1.82, 2.24) is 9.80 Å². The molecule has 2 aromatic rings. The number of aliphatic hydroxyl groups excluding tert-OH is 1. The molecule has 1 aliphatic heterocycles. The Kier molecular flexibility index (Phi) is 10.1. The molecule has 0 amide bonds. The topological polar surface area (TPSA) is 43.8 Å². The van der Waals surface area contributed by atoms with Crippen LogP contribution in [0, 0.1) is 56.7 Å². The highest BCUT2D eigenvalue weighted by molar-refractivity contribution is 5.99. The van der Waals surface area contributed by atoms with Crippen molar-refractivity contribution in [2.45, 2.75) is 131 Å². The molecule has 2 aromatic carbocycles. The van der Waals surface area contributed by atoms with Crippen LogP contribution < -0.4 is 0 Å². The molecular formula is C51H72N2O2. The third-order valence-electron chi connectivity index (χ3n) is 18.5. The predicted molar refractivity (Wildman–Crippen MR) is 227 cm³/mol. The maximum absolute atomic E-state index is 13.0. The number of hydrogen-bond acceptors (Lipinski definition) is 4. The molecule has 1 heterocycles. The summed E-state index contributed by atoms with van der Waals surface area (Å²) < 4.78 is 0. The van der Waals surface area contributed by atoms with Gasteiger partial charge in [-0.1, -0.05) is 114 Å². The number of fused-ring (bicyclic) bond motifs is 7. The highest BCUT2D eigenvalue weighted by Crippen LogP contribution is 2.77. The van der Waals surface area contributed by atoms with Gasteiger partial charge in [0, 0.05) is 12.1 Å². The molecule has 0 radical (unpaired) electrons. The summed E-state index contributed by atoms with van der Waals surface area (Å²) in [5, 5.41) is 11.0. The average Bonchev–Trinajstić information content (AvgIpc) is 3.80. The second kappa shape index (κ2) is 14.1. The van der Waals surface area contributed by atoms with Crippen molar-refractivity contribution < 1.29 is 9.90 Å². The Balaban J connectivity index is 1.06. The Hall–Kier alpha value is -2.53. The largest absolute Gasteiger partial charge is 0.380 e.